The quantitative estimate of drug-likeness (QED) is 0.598. The van der Waals surface area contributed by atoms with E-state index in [1.54, 1.807) is 0 Å². The molecular weight excluding hydrogens is 150 g/mol. The van der Waals surface area contributed by atoms with Gasteiger partial charge in [-0.15, -0.1) is 0 Å². The van der Waals surface area contributed by atoms with E-state index in [9.17, 15) is 4.79 Å². The summed E-state index contributed by atoms with van der Waals surface area (Å²) >= 11 is 0. The second kappa shape index (κ2) is 3.17. The first-order valence-electron chi connectivity index (χ1n) is 4.67. The largest absolute Gasteiger partial charge is 0.310 e. The zero-order chi connectivity index (χ0) is 9.35. The Kier molecular flexibility index (Phi) is 2.57. The highest BCUT2D eigenvalue weighted by Gasteiger charge is 2.31. The molecule has 2 atom stereocenters. The van der Waals surface area contributed by atoms with E-state index in [0.29, 0.717) is 30.7 Å². The van der Waals surface area contributed by atoms with Crippen molar-refractivity contribution in [1.82, 2.24) is 5.32 Å². The molecule has 1 N–H and O–H groups in total. The molecule has 1 heterocycles. The van der Waals surface area contributed by atoms with Gasteiger partial charge in [-0.05, 0) is 12.3 Å². The molecule has 1 saturated heterocycles. The van der Waals surface area contributed by atoms with Gasteiger partial charge in [0.25, 0.3) is 0 Å². The molecule has 2 nitrogen and oxygen atoms in total. The van der Waals surface area contributed by atoms with Crippen molar-refractivity contribution >= 4 is 5.78 Å². The van der Waals surface area contributed by atoms with E-state index in [0.717, 1.165) is 0 Å². The summed E-state index contributed by atoms with van der Waals surface area (Å²) in [5, 5.41) is 3.47. The molecule has 1 rings (SSSR count). The average molecular weight is 169 g/mol. The minimum absolute atomic E-state index is 0.199. The number of Topliss-reactive ketones (excluding diaryl/α,β-unsaturated/α-hetero) is 1. The fourth-order valence-electron chi connectivity index (χ4n) is 1.67. The molecule has 0 radical (unpaired) electrons. The van der Waals surface area contributed by atoms with E-state index in [4.69, 9.17) is 0 Å². The van der Waals surface area contributed by atoms with Crippen molar-refractivity contribution in [2.75, 3.05) is 0 Å². The van der Waals surface area contributed by atoms with E-state index in [1.165, 1.54) is 0 Å². The maximum atomic E-state index is 11.3. The van der Waals surface area contributed by atoms with Crippen LogP contribution >= 0.6 is 0 Å². The summed E-state index contributed by atoms with van der Waals surface area (Å²) in [6, 6.07) is 0.712. The Balaban J connectivity index is 2.62. The number of piperidine rings is 1. The van der Waals surface area contributed by atoms with Gasteiger partial charge in [0.2, 0.25) is 0 Å². The number of carbonyl (C=O) groups is 1. The molecule has 0 aromatic heterocycles. The molecule has 2 unspecified atom stereocenters. The molecule has 0 amide bonds. The van der Waals surface area contributed by atoms with Crippen LogP contribution in [0.2, 0.25) is 0 Å². The second-order valence-electron chi connectivity index (χ2n) is 4.93. The van der Waals surface area contributed by atoms with Crippen LogP contribution < -0.4 is 5.32 Å². The maximum absolute atomic E-state index is 11.3. The standard InChI is InChI=1S/C10H19NO/c1-7-5-8(12)6-9(11-7)10(2,3)4/h7,9,11H,5-6H2,1-4H3. The minimum atomic E-state index is 0.199. The van der Waals surface area contributed by atoms with Crippen LogP contribution in [0.15, 0.2) is 0 Å². The van der Waals surface area contributed by atoms with Crippen molar-refractivity contribution in [3.8, 4) is 0 Å². The SMILES string of the molecule is CC1CC(=O)CC(C(C)(C)C)N1. The summed E-state index contributed by atoms with van der Waals surface area (Å²) in [4.78, 5) is 11.3. The molecule has 0 bridgehead atoms. The Labute approximate surface area is 74.7 Å². The van der Waals surface area contributed by atoms with E-state index in [1.807, 2.05) is 0 Å². The number of rotatable bonds is 0. The number of ketones is 1. The van der Waals surface area contributed by atoms with Crippen LogP contribution in [0.5, 0.6) is 0 Å². The molecule has 2 heteroatoms. The Morgan fingerprint density at radius 1 is 1.33 bits per heavy atom. The average Bonchev–Trinajstić information content (AvgIpc) is 1.82. The molecule has 0 aliphatic carbocycles. The molecule has 1 aliphatic heterocycles. The fourth-order valence-corrected chi connectivity index (χ4v) is 1.67. The third-order valence-electron chi connectivity index (χ3n) is 2.50. The zero-order valence-electron chi connectivity index (χ0n) is 8.48. The Morgan fingerprint density at radius 3 is 2.33 bits per heavy atom. The number of hydrogen-bond acceptors (Lipinski definition) is 2. The van der Waals surface area contributed by atoms with E-state index in [-0.39, 0.29) is 5.41 Å². The fraction of sp³-hybridized carbons (Fsp3) is 0.900. The van der Waals surface area contributed by atoms with Crippen molar-refractivity contribution < 1.29 is 4.79 Å². The van der Waals surface area contributed by atoms with Crippen molar-refractivity contribution in [3.05, 3.63) is 0 Å². The van der Waals surface area contributed by atoms with Crippen LogP contribution in [0.4, 0.5) is 0 Å². The second-order valence-corrected chi connectivity index (χ2v) is 4.93. The van der Waals surface area contributed by atoms with Gasteiger partial charge in [0.1, 0.15) is 5.78 Å². The van der Waals surface area contributed by atoms with E-state index in [2.05, 4.69) is 33.0 Å². The highest BCUT2D eigenvalue weighted by molar-refractivity contribution is 5.80. The molecule has 0 aromatic carbocycles. The lowest BCUT2D eigenvalue weighted by molar-refractivity contribution is -0.122. The van der Waals surface area contributed by atoms with Gasteiger partial charge < -0.3 is 5.32 Å². The predicted octanol–water partition coefficient (Wildman–Crippen LogP) is 1.74. The van der Waals surface area contributed by atoms with Gasteiger partial charge in [-0.2, -0.15) is 0 Å². The monoisotopic (exact) mass is 169 g/mol. The number of hydrogen-bond donors (Lipinski definition) is 1. The van der Waals surface area contributed by atoms with Crippen LogP contribution in [-0.2, 0) is 4.79 Å². The van der Waals surface area contributed by atoms with Gasteiger partial charge in [-0.3, -0.25) is 4.79 Å². The normalized spacial score (nSPS) is 32.2. The molecule has 1 aliphatic rings. The zero-order valence-corrected chi connectivity index (χ0v) is 8.48. The third-order valence-corrected chi connectivity index (χ3v) is 2.50. The predicted molar refractivity (Wildman–Crippen MR) is 50.1 cm³/mol. The molecule has 0 spiro atoms. The van der Waals surface area contributed by atoms with Gasteiger partial charge in [0, 0.05) is 24.9 Å². The van der Waals surface area contributed by atoms with Gasteiger partial charge in [-0.25, -0.2) is 0 Å². The van der Waals surface area contributed by atoms with E-state index >= 15 is 0 Å². The minimum Gasteiger partial charge on any atom is -0.310 e. The van der Waals surface area contributed by atoms with Crippen LogP contribution in [-0.4, -0.2) is 17.9 Å². The summed E-state index contributed by atoms with van der Waals surface area (Å²) in [5.74, 6) is 0.404. The molecular formula is C10H19NO. The summed E-state index contributed by atoms with van der Waals surface area (Å²) in [5.41, 5.74) is 0.199. The summed E-state index contributed by atoms with van der Waals surface area (Å²) in [6.07, 6.45) is 1.40. The van der Waals surface area contributed by atoms with Crippen molar-refractivity contribution in [1.29, 1.82) is 0 Å². The lowest BCUT2D eigenvalue weighted by atomic mass is 9.80. The van der Waals surface area contributed by atoms with Gasteiger partial charge in [0.05, 0.1) is 0 Å². The Bertz CT molecular complexity index is 181. The highest BCUT2D eigenvalue weighted by atomic mass is 16.1. The lowest BCUT2D eigenvalue weighted by Crippen LogP contribution is -2.50. The van der Waals surface area contributed by atoms with Gasteiger partial charge >= 0.3 is 0 Å². The summed E-state index contributed by atoms with van der Waals surface area (Å²) in [6.45, 7) is 8.61. The third kappa shape index (κ3) is 2.31. The highest BCUT2D eigenvalue weighted by Crippen LogP contribution is 2.25. The molecule has 70 valence electrons. The topological polar surface area (TPSA) is 29.1 Å². The van der Waals surface area contributed by atoms with Crippen LogP contribution in [0, 0.1) is 5.41 Å². The molecule has 12 heavy (non-hydrogen) atoms. The Morgan fingerprint density at radius 2 is 1.92 bits per heavy atom. The van der Waals surface area contributed by atoms with Gasteiger partial charge in [0.15, 0.2) is 0 Å². The Hall–Kier alpha value is -0.370. The first-order chi connectivity index (χ1) is 5.39. The van der Waals surface area contributed by atoms with Crippen molar-refractivity contribution in [2.45, 2.75) is 52.6 Å². The first kappa shape index (κ1) is 9.72. The molecule has 0 saturated carbocycles. The molecule has 1 fully saturated rings. The van der Waals surface area contributed by atoms with Crippen LogP contribution in [0.1, 0.15) is 40.5 Å². The first-order valence-corrected chi connectivity index (χ1v) is 4.67. The van der Waals surface area contributed by atoms with Crippen LogP contribution in [0.25, 0.3) is 0 Å². The number of nitrogens with one attached hydrogen (secondary N) is 1. The summed E-state index contributed by atoms with van der Waals surface area (Å²) < 4.78 is 0. The van der Waals surface area contributed by atoms with E-state index < -0.39 is 0 Å². The summed E-state index contributed by atoms with van der Waals surface area (Å²) in [7, 11) is 0. The van der Waals surface area contributed by atoms with Crippen molar-refractivity contribution in [2.24, 2.45) is 5.41 Å². The van der Waals surface area contributed by atoms with Crippen LogP contribution in [0.3, 0.4) is 0 Å². The van der Waals surface area contributed by atoms with Crippen molar-refractivity contribution in [3.63, 3.8) is 0 Å². The maximum Gasteiger partial charge on any atom is 0.136 e. The van der Waals surface area contributed by atoms with Gasteiger partial charge in [-0.1, -0.05) is 20.8 Å². The number of carbonyl (C=O) groups excluding carboxylic acids is 1. The lowest BCUT2D eigenvalue weighted by Gasteiger charge is -2.37. The molecule has 0 aromatic rings. The smallest absolute Gasteiger partial charge is 0.136 e.